The molecular weight excluding hydrogens is 521 g/mol. The molecule has 4 rings (SSSR count). The summed E-state index contributed by atoms with van der Waals surface area (Å²) in [4.78, 5) is 17.1. The highest BCUT2D eigenvalue weighted by Crippen LogP contribution is 2.44. The third-order valence-corrected chi connectivity index (χ3v) is 7.97. The SMILES string of the molecule is CCn1c(C(O)(c2ccccc2)C(F)(F)F)nc2ccc(C(=O)Nc3ccc(S(=O)(=O)N(C)C)cc3)cc21. The van der Waals surface area contributed by atoms with Gasteiger partial charge in [-0.05, 0) is 49.4 Å². The lowest BCUT2D eigenvalue weighted by Crippen LogP contribution is -2.45. The van der Waals surface area contributed by atoms with Gasteiger partial charge in [-0.2, -0.15) is 13.2 Å². The van der Waals surface area contributed by atoms with Crippen molar-refractivity contribution >= 4 is 32.7 Å². The number of carbonyl (C=O) groups excluding carboxylic acids is 1. The zero-order valence-corrected chi connectivity index (χ0v) is 21.5. The van der Waals surface area contributed by atoms with Crippen LogP contribution in [-0.2, 0) is 22.2 Å². The highest BCUT2D eigenvalue weighted by molar-refractivity contribution is 7.89. The lowest BCUT2D eigenvalue weighted by molar-refractivity contribution is -0.252. The van der Waals surface area contributed by atoms with Gasteiger partial charge in [0.2, 0.25) is 15.6 Å². The van der Waals surface area contributed by atoms with Crippen LogP contribution in [-0.4, -0.2) is 53.6 Å². The molecule has 0 saturated carbocycles. The molecule has 8 nitrogen and oxygen atoms in total. The van der Waals surface area contributed by atoms with Crippen LogP contribution in [0.2, 0.25) is 0 Å². The molecule has 1 unspecified atom stereocenters. The van der Waals surface area contributed by atoms with E-state index in [1.54, 1.807) is 13.0 Å². The number of imidazole rings is 1. The molecule has 200 valence electrons. The third-order valence-electron chi connectivity index (χ3n) is 6.14. The minimum Gasteiger partial charge on any atom is -0.370 e. The highest BCUT2D eigenvalue weighted by atomic mass is 32.2. The van der Waals surface area contributed by atoms with E-state index >= 15 is 0 Å². The number of alkyl halides is 3. The van der Waals surface area contributed by atoms with Gasteiger partial charge >= 0.3 is 6.18 Å². The average molecular weight is 547 g/mol. The maximum absolute atomic E-state index is 14.3. The fourth-order valence-electron chi connectivity index (χ4n) is 4.08. The van der Waals surface area contributed by atoms with Gasteiger partial charge in [-0.3, -0.25) is 4.79 Å². The monoisotopic (exact) mass is 546 g/mol. The van der Waals surface area contributed by atoms with E-state index < -0.39 is 33.5 Å². The molecule has 3 aromatic carbocycles. The average Bonchev–Trinajstić information content (AvgIpc) is 3.26. The Morgan fingerprint density at radius 2 is 1.66 bits per heavy atom. The number of nitrogens with zero attached hydrogens (tertiary/aromatic N) is 3. The number of fused-ring (bicyclic) bond motifs is 1. The number of halogens is 3. The van der Waals surface area contributed by atoms with Gasteiger partial charge in [-0.15, -0.1) is 0 Å². The summed E-state index contributed by atoms with van der Waals surface area (Å²) in [6.07, 6.45) is -5.07. The zero-order chi connectivity index (χ0) is 27.9. The standard InChI is InChI=1S/C26H25F3N4O4S/c1-4-33-22-16-17(23(34)30-19-11-13-20(14-12-19)38(36,37)32(2)3)10-15-21(22)31-24(33)25(35,26(27,28)29)18-8-6-5-7-9-18/h5-16,35H,4H2,1-3H3,(H,30,34). The van der Waals surface area contributed by atoms with Crippen LogP contribution < -0.4 is 5.32 Å². The Morgan fingerprint density at radius 3 is 2.21 bits per heavy atom. The van der Waals surface area contributed by atoms with Crippen molar-refractivity contribution in [2.24, 2.45) is 0 Å². The van der Waals surface area contributed by atoms with E-state index in [0.29, 0.717) is 5.69 Å². The van der Waals surface area contributed by atoms with E-state index in [1.165, 1.54) is 85.4 Å². The van der Waals surface area contributed by atoms with Gasteiger partial charge in [-0.25, -0.2) is 17.7 Å². The number of hydrogen-bond donors (Lipinski definition) is 2. The topological polar surface area (TPSA) is 105 Å². The second-order valence-corrected chi connectivity index (χ2v) is 10.9. The van der Waals surface area contributed by atoms with Crippen LogP contribution in [0, 0.1) is 0 Å². The van der Waals surface area contributed by atoms with Crippen LogP contribution in [0.15, 0.2) is 77.7 Å². The second-order valence-electron chi connectivity index (χ2n) is 8.72. The third kappa shape index (κ3) is 4.66. The van der Waals surface area contributed by atoms with Crippen molar-refractivity contribution in [2.75, 3.05) is 19.4 Å². The molecule has 0 spiro atoms. The molecule has 1 atom stereocenters. The van der Waals surface area contributed by atoms with E-state index in [4.69, 9.17) is 0 Å². The Kier molecular flexibility index (Phi) is 7.08. The second kappa shape index (κ2) is 9.86. The van der Waals surface area contributed by atoms with Crippen LogP contribution in [0.1, 0.15) is 28.7 Å². The maximum Gasteiger partial charge on any atom is 0.428 e. The van der Waals surface area contributed by atoms with E-state index in [9.17, 15) is 31.5 Å². The Morgan fingerprint density at radius 1 is 1.03 bits per heavy atom. The molecule has 12 heteroatoms. The van der Waals surface area contributed by atoms with Crippen LogP contribution in [0.25, 0.3) is 11.0 Å². The normalized spacial score (nSPS) is 14.0. The molecule has 1 amide bonds. The number of anilines is 1. The molecule has 0 aliphatic heterocycles. The Hall–Kier alpha value is -3.74. The predicted octanol–water partition coefficient (Wildman–Crippen LogP) is 4.36. The number of aryl methyl sites for hydroxylation is 1. The summed E-state index contributed by atoms with van der Waals surface area (Å²) in [5.74, 6) is -1.17. The Balaban J connectivity index is 1.72. The van der Waals surface area contributed by atoms with E-state index in [1.807, 2.05) is 0 Å². The molecule has 0 fully saturated rings. The number of nitrogens with one attached hydrogen (secondary N) is 1. The molecule has 0 aliphatic rings. The molecule has 0 radical (unpaired) electrons. The molecule has 38 heavy (non-hydrogen) atoms. The van der Waals surface area contributed by atoms with Crippen molar-refractivity contribution in [3.05, 3.63) is 89.7 Å². The van der Waals surface area contributed by atoms with Gasteiger partial charge < -0.3 is 15.0 Å². The van der Waals surface area contributed by atoms with Crippen LogP contribution >= 0.6 is 0 Å². The van der Waals surface area contributed by atoms with Crippen LogP contribution in [0.3, 0.4) is 0 Å². The Labute approximate surface area is 217 Å². The maximum atomic E-state index is 14.3. The summed E-state index contributed by atoms with van der Waals surface area (Å²) in [5.41, 5.74) is -2.88. The van der Waals surface area contributed by atoms with Gasteiger partial charge in [-0.1, -0.05) is 30.3 Å². The molecule has 0 bridgehead atoms. The van der Waals surface area contributed by atoms with Crippen LogP contribution in [0.4, 0.5) is 18.9 Å². The first-order chi connectivity index (χ1) is 17.8. The molecule has 4 aromatic rings. The minimum absolute atomic E-state index is 0.0456. The molecule has 1 aromatic heterocycles. The van der Waals surface area contributed by atoms with E-state index in [2.05, 4.69) is 10.3 Å². The number of aliphatic hydroxyl groups is 1. The van der Waals surface area contributed by atoms with Crippen molar-refractivity contribution in [3.63, 3.8) is 0 Å². The van der Waals surface area contributed by atoms with Gasteiger partial charge in [0, 0.05) is 37.5 Å². The lowest BCUT2D eigenvalue weighted by Gasteiger charge is -2.30. The summed E-state index contributed by atoms with van der Waals surface area (Å²) >= 11 is 0. The quantitative estimate of drug-likeness (QED) is 0.359. The summed E-state index contributed by atoms with van der Waals surface area (Å²) in [7, 11) is -0.825. The summed E-state index contributed by atoms with van der Waals surface area (Å²) in [6.45, 7) is 1.66. The smallest absolute Gasteiger partial charge is 0.370 e. The van der Waals surface area contributed by atoms with E-state index in [0.717, 1.165) is 4.31 Å². The largest absolute Gasteiger partial charge is 0.428 e. The fourth-order valence-corrected chi connectivity index (χ4v) is 4.99. The molecular formula is C26H25F3N4O4S. The van der Waals surface area contributed by atoms with E-state index in [-0.39, 0.29) is 33.6 Å². The highest BCUT2D eigenvalue weighted by Gasteiger charge is 2.59. The fraction of sp³-hybridized carbons (Fsp3) is 0.231. The summed E-state index contributed by atoms with van der Waals surface area (Å²) < 4.78 is 69.7. The van der Waals surface area contributed by atoms with Crippen LogP contribution in [0.5, 0.6) is 0 Å². The number of sulfonamides is 1. The summed E-state index contributed by atoms with van der Waals surface area (Å²) in [6, 6.07) is 16.5. The number of carbonyl (C=O) groups is 1. The molecule has 0 saturated heterocycles. The van der Waals surface area contributed by atoms with Crippen molar-refractivity contribution in [3.8, 4) is 0 Å². The number of aromatic nitrogens is 2. The first kappa shape index (κ1) is 27.3. The Bertz CT molecular complexity index is 1580. The predicted molar refractivity (Wildman–Crippen MR) is 136 cm³/mol. The molecule has 0 aliphatic carbocycles. The molecule has 2 N–H and O–H groups in total. The number of hydrogen-bond acceptors (Lipinski definition) is 5. The van der Waals surface area contributed by atoms with Crippen molar-refractivity contribution in [2.45, 2.75) is 30.1 Å². The first-order valence-corrected chi connectivity index (χ1v) is 12.9. The first-order valence-electron chi connectivity index (χ1n) is 11.5. The number of amides is 1. The molecule has 1 heterocycles. The number of rotatable bonds is 7. The summed E-state index contributed by atoms with van der Waals surface area (Å²) in [5, 5.41) is 13.7. The van der Waals surface area contributed by atoms with Crippen molar-refractivity contribution in [1.29, 1.82) is 0 Å². The lowest BCUT2D eigenvalue weighted by atomic mass is 9.92. The van der Waals surface area contributed by atoms with Gasteiger partial charge in [0.1, 0.15) is 0 Å². The van der Waals surface area contributed by atoms with Crippen molar-refractivity contribution < 1.29 is 31.5 Å². The number of benzene rings is 3. The van der Waals surface area contributed by atoms with Gasteiger partial charge in [0.05, 0.1) is 15.9 Å². The van der Waals surface area contributed by atoms with Gasteiger partial charge in [0.25, 0.3) is 5.91 Å². The van der Waals surface area contributed by atoms with Gasteiger partial charge in [0.15, 0.2) is 5.82 Å². The zero-order valence-electron chi connectivity index (χ0n) is 20.7. The minimum atomic E-state index is -5.07. The van der Waals surface area contributed by atoms with Crippen molar-refractivity contribution in [1.82, 2.24) is 13.9 Å².